The number of rotatable bonds is 3. The molecule has 1 saturated heterocycles. The summed E-state index contributed by atoms with van der Waals surface area (Å²) in [5.74, 6) is -0.955. The number of fused-ring (bicyclic) bond motifs is 1. The molecular weight excluding hydrogens is 387 g/mol. The fourth-order valence-electron chi connectivity index (χ4n) is 3.86. The minimum absolute atomic E-state index is 0.0703. The summed E-state index contributed by atoms with van der Waals surface area (Å²) in [4.78, 5) is 44.8. The first kappa shape index (κ1) is 19.9. The van der Waals surface area contributed by atoms with Crippen LogP contribution in [-0.2, 0) is 9.59 Å². The van der Waals surface area contributed by atoms with Crippen LogP contribution in [0.3, 0.4) is 0 Å². The maximum Gasteiger partial charge on any atom is 0.256 e. The average Bonchev–Trinajstić information content (AvgIpc) is 2.85. The number of amides is 3. The molecule has 0 aliphatic carbocycles. The standard InChI is InChI=1S/C22H23FN4O3/c1-24-14-21(29)27(19-5-3-2-4-18(19)22(24)30)15-20(28)26-12-10-25(11-13-26)17-8-6-16(23)7-9-17/h2-9H,10-15H2,1H3. The lowest BCUT2D eigenvalue weighted by molar-refractivity contribution is -0.131. The van der Waals surface area contributed by atoms with Crippen molar-refractivity contribution in [2.75, 3.05) is 56.1 Å². The first-order chi connectivity index (χ1) is 14.4. The maximum absolute atomic E-state index is 13.1. The van der Waals surface area contributed by atoms with Crippen LogP contribution in [-0.4, -0.2) is 73.8 Å². The molecule has 2 aromatic rings. The number of halogens is 1. The Kier molecular flexibility index (Phi) is 5.39. The smallest absolute Gasteiger partial charge is 0.256 e. The van der Waals surface area contributed by atoms with Gasteiger partial charge in [-0.25, -0.2) is 4.39 Å². The van der Waals surface area contributed by atoms with Crippen LogP contribution >= 0.6 is 0 Å². The predicted molar refractivity (Wildman–Crippen MR) is 111 cm³/mol. The molecular formula is C22H23FN4O3. The molecule has 8 heteroatoms. The fourth-order valence-corrected chi connectivity index (χ4v) is 3.86. The second kappa shape index (κ2) is 8.14. The van der Waals surface area contributed by atoms with Crippen LogP contribution in [0.15, 0.2) is 48.5 Å². The van der Waals surface area contributed by atoms with Gasteiger partial charge >= 0.3 is 0 Å². The van der Waals surface area contributed by atoms with Gasteiger partial charge in [0.15, 0.2) is 0 Å². The molecule has 0 aromatic heterocycles. The van der Waals surface area contributed by atoms with Crippen molar-refractivity contribution < 1.29 is 18.8 Å². The Morgan fingerprint density at radius 1 is 0.967 bits per heavy atom. The molecule has 1 fully saturated rings. The number of hydrogen-bond donors (Lipinski definition) is 0. The fraction of sp³-hybridized carbons (Fsp3) is 0.318. The molecule has 4 rings (SSSR count). The molecule has 2 aliphatic rings. The van der Waals surface area contributed by atoms with Crippen LogP contribution in [0.5, 0.6) is 0 Å². The van der Waals surface area contributed by atoms with E-state index < -0.39 is 0 Å². The van der Waals surface area contributed by atoms with Crippen LogP contribution < -0.4 is 9.80 Å². The summed E-state index contributed by atoms with van der Waals surface area (Å²) >= 11 is 0. The Hall–Kier alpha value is -3.42. The molecule has 30 heavy (non-hydrogen) atoms. The van der Waals surface area contributed by atoms with Crippen molar-refractivity contribution in [1.29, 1.82) is 0 Å². The second-order valence-electron chi connectivity index (χ2n) is 7.50. The average molecular weight is 410 g/mol. The molecule has 0 N–H and O–H groups in total. The van der Waals surface area contributed by atoms with Crippen molar-refractivity contribution in [3.05, 3.63) is 59.9 Å². The van der Waals surface area contributed by atoms with Crippen molar-refractivity contribution in [2.24, 2.45) is 0 Å². The lowest BCUT2D eigenvalue weighted by atomic mass is 10.1. The topological polar surface area (TPSA) is 64.2 Å². The Morgan fingerprint density at radius 3 is 2.33 bits per heavy atom. The normalized spacial score (nSPS) is 17.1. The number of carbonyl (C=O) groups excluding carboxylic acids is 3. The summed E-state index contributed by atoms with van der Waals surface area (Å²) < 4.78 is 13.1. The molecule has 0 bridgehead atoms. The van der Waals surface area contributed by atoms with Gasteiger partial charge in [0.25, 0.3) is 5.91 Å². The maximum atomic E-state index is 13.1. The van der Waals surface area contributed by atoms with E-state index >= 15 is 0 Å². The zero-order valence-corrected chi connectivity index (χ0v) is 16.8. The largest absolute Gasteiger partial charge is 0.368 e. The predicted octanol–water partition coefficient (Wildman–Crippen LogP) is 1.59. The van der Waals surface area contributed by atoms with E-state index in [1.165, 1.54) is 21.9 Å². The number of anilines is 2. The van der Waals surface area contributed by atoms with E-state index in [1.54, 1.807) is 48.3 Å². The highest BCUT2D eigenvalue weighted by Gasteiger charge is 2.32. The van der Waals surface area contributed by atoms with Crippen LogP contribution in [0.4, 0.5) is 15.8 Å². The summed E-state index contributed by atoms with van der Waals surface area (Å²) in [5.41, 5.74) is 1.80. The van der Waals surface area contributed by atoms with Gasteiger partial charge in [0.1, 0.15) is 18.9 Å². The van der Waals surface area contributed by atoms with E-state index in [1.807, 2.05) is 0 Å². The van der Waals surface area contributed by atoms with Crippen LogP contribution in [0.25, 0.3) is 0 Å². The number of piperazine rings is 1. The first-order valence-electron chi connectivity index (χ1n) is 9.87. The van der Waals surface area contributed by atoms with E-state index in [0.717, 1.165) is 5.69 Å². The third-order valence-electron chi connectivity index (χ3n) is 5.56. The molecule has 0 unspecified atom stereocenters. The molecule has 0 radical (unpaired) electrons. The van der Waals surface area contributed by atoms with Crippen molar-refractivity contribution in [3.63, 3.8) is 0 Å². The lowest BCUT2D eigenvalue weighted by Gasteiger charge is -2.37. The minimum Gasteiger partial charge on any atom is -0.368 e. The van der Waals surface area contributed by atoms with E-state index in [9.17, 15) is 18.8 Å². The molecule has 3 amide bonds. The quantitative estimate of drug-likeness (QED) is 0.771. The molecule has 2 heterocycles. The molecule has 2 aliphatic heterocycles. The van der Waals surface area contributed by atoms with Gasteiger partial charge in [-0.05, 0) is 36.4 Å². The molecule has 0 spiro atoms. The molecule has 0 saturated carbocycles. The van der Waals surface area contributed by atoms with Gasteiger partial charge in [0, 0.05) is 38.9 Å². The number of likely N-dealkylation sites (N-methyl/N-ethyl adjacent to an activating group) is 1. The Labute approximate surface area is 174 Å². The van der Waals surface area contributed by atoms with Crippen LogP contribution in [0.2, 0.25) is 0 Å². The van der Waals surface area contributed by atoms with Crippen molar-refractivity contribution in [1.82, 2.24) is 9.80 Å². The summed E-state index contributed by atoms with van der Waals surface area (Å²) in [6.07, 6.45) is 0. The molecule has 7 nitrogen and oxygen atoms in total. The van der Waals surface area contributed by atoms with E-state index in [0.29, 0.717) is 37.4 Å². The SMILES string of the molecule is CN1CC(=O)N(CC(=O)N2CCN(c3ccc(F)cc3)CC2)c2ccccc2C1=O. The highest BCUT2D eigenvalue weighted by atomic mass is 19.1. The summed E-state index contributed by atoms with van der Waals surface area (Å²) in [5, 5.41) is 0. The molecule has 2 aromatic carbocycles. The highest BCUT2D eigenvalue weighted by molar-refractivity contribution is 6.11. The number of benzene rings is 2. The van der Waals surface area contributed by atoms with Gasteiger partial charge in [-0.3, -0.25) is 14.4 Å². The van der Waals surface area contributed by atoms with Crippen LogP contribution in [0.1, 0.15) is 10.4 Å². The van der Waals surface area contributed by atoms with Crippen molar-refractivity contribution >= 4 is 29.1 Å². The molecule has 156 valence electrons. The Balaban J connectivity index is 1.45. The molecule has 0 atom stereocenters. The first-order valence-corrected chi connectivity index (χ1v) is 9.87. The third kappa shape index (κ3) is 3.85. The van der Waals surface area contributed by atoms with Crippen LogP contribution in [0, 0.1) is 5.82 Å². The van der Waals surface area contributed by atoms with Gasteiger partial charge in [0.2, 0.25) is 11.8 Å². The lowest BCUT2D eigenvalue weighted by Crippen LogP contribution is -2.52. The zero-order chi connectivity index (χ0) is 21.3. The number of carbonyl (C=O) groups is 3. The van der Waals surface area contributed by atoms with Gasteiger partial charge in [-0.15, -0.1) is 0 Å². The monoisotopic (exact) mass is 410 g/mol. The third-order valence-corrected chi connectivity index (χ3v) is 5.56. The van der Waals surface area contributed by atoms with E-state index in [4.69, 9.17) is 0 Å². The van der Waals surface area contributed by atoms with Gasteiger partial charge in [-0.1, -0.05) is 12.1 Å². The minimum atomic E-state index is -0.283. The van der Waals surface area contributed by atoms with Crippen molar-refractivity contribution in [3.8, 4) is 0 Å². The zero-order valence-electron chi connectivity index (χ0n) is 16.8. The Morgan fingerprint density at radius 2 is 1.63 bits per heavy atom. The van der Waals surface area contributed by atoms with Gasteiger partial charge < -0.3 is 19.6 Å². The van der Waals surface area contributed by atoms with Crippen molar-refractivity contribution in [2.45, 2.75) is 0 Å². The summed E-state index contributed by atoms with van der Waals surface area (Å²) in [7, 11) is 1.58. The van der Waals surface area contributed by atoms with E-state index in [2.05, 4.69) is 4.90 Å². The second-order valence-corrected chi connectivity index (χ2v) is 7.50. The van der Waals surface area contributed by atoms with Gasteiger partial charge in [0.05, 0.1) is 11.3 Å². The number of hydrogen-bond acceptors (Lipinski definition) is 4. The number of nitrogens with zero attached hydrogens (tertiary/aromatic N) is 4. The summed E-state index contributed by atoms with van der Waals surface area (Å²) in [6.45, 7) is 2.11. The van der Waals surface area contributed by atoms with E-state index in [-0.39, 0.29) is 36.6 Å². The Bertz CT molecular complexity index is 971. The highest BCUT2D eigenvalue weighted by Crippen LogP contribution is 2.25. The number of para-hydroxylation sites is 1. The summed E-state index contributed by atoms with van der Waals surface area (Å²) in [6, 6.07) is 13.2. The van der Waals surface area contributed by atoms with Gasteiger partial charge in [-0.2, -0.15) is 0 Å².